The van der Waals surface area contributed by atoms with E-state index in [2.05, 4.69) is 47.0 Å². The largest absolute Gasteiger partial charge is 0.455 e. The van der Waals surface area contributed by atoms with Crippen molar-refractivity contribution in [1.82, 2.24) is 19.5 Å². The summed E-state index contributed by atoms with van der Waals surface area (Å²) in [5, 5.41) is 5.85. The molecule has 10 rings (SSSR count). The van der Waals surface area contributed by atoms with Crippen molar-refractivity contribution in [1.29, 1.82) is 0 Å². The smallest absolute Gasteiger partial charge is 0.167 e. The Balaban J connectivity index is 1.30. The first-order chi connectivity index (χ1) is 25.9. The van der Waals surface area contributed by atoms with E-state index in [0.29, 0.717) is 22.3 Å². The van der Waals surface area contributed by atoms with Crippen LogP contribution >= 0.6 is 0 Å². The predicted molar refractivity (Wildman–Crippen MR) is 195 cm³/mol. The Bertz CT molecular complexity index is 3110. The Morgan fingerprint density at radius 3 is 2.02 bits per heavy atom. The fraction of sp³-hybridized carbons (Fsp3) is 0. The van der Waals surface area contributed by atoms with Crippen molar-refractivity contribution in [2.75, 3.05) is 0 Å². The number of hydrogen-bond acceptors (Lipinski definition) is 4. The first kappa shape index (κ1) is 22.0. The second-order valence-corrected chi connectivity index (χ2v) is 11.7. The van der Waals surface area contributed by atoms with Crippen LogP contribution in [0.2, 0.25) is 0 Å². The lowest BCUT2D eigenvalue weighted by atomic mass is 10.0. The van der Waals surface area contributed by atoms with Gasteiger partial charge in [-0.3, -0.25) is 0 Å². The summed E-state index contributed by atoms with van der Waals surface area (Å²) in [4.78, 5) is 14.8. The lowest BCUT2D eigenvalue weighted by Gasteiger charge is -2.10. The fourth-order valence-electron chi connectivity index (χ4n) is 6.81. The maximum absolute atomic E-state index is 8.84. The standard InChI is InChI=1S/C43H26N4O/c1-3-13-27(14-4-1)41-44-42(33-21-12-24-37-39(33)32-19-9-10-23-36(32)47(37)30-17-5-2-6-18-30)46-43(45-41)34-22-11-20-31-35-25-28-15-7-8-16-29(28)26-38(35)48-40(31)34/h1-26H/i1D,3D,4D,13D,14D. The summed E-state index contributed by atoms with van der Waals surface area (Å²) < 4.78 is 51.5. The molecule has 0 saturated carbocycles. The van der Waals surface area contributed by atoms with Crippen LogP contribution in [0, 0.1) is 0 Å². The van der Waals surface area contributed by atoms with Crippen LogP contribution in [0.1, 0.15) is 6.85 Å². The van der Waals surface area contributed by atoms with Crippen LogP contribution in [0.4, 0.5) is 0 Å². The molecule has 5 heteroatoms. The molecule has 5 nitrogen and oxygen atoms in total. The zero-order valence-electron chi connectivity index (χ0n) is 30.3. The van der Waals surface area contributed by atoms with Gasteiger partial charge in [-0.25, -0.2) is 15.0 Å². The predicted octanol–water partition coefficient (Wildman–Crippen LogP) is 11.0. The van der Waals surface area contributed by atoms with Crippen molar-refractivity contribution in [2.24, 2.45) is 0 Å². The molecule has 3 aromatic heterocycles. The van der Waals surface area contributed by atoms with Crippen molar-refractivity contribution >= 4 is 54.5 Å². The molecule has 0 amide bonds. The summed E-state index contributed by atoms with van der Waals surface area (Å²) in [7, 11) is 0. The molecule has 0 bridgehead atoms. The van der Waals surface area contributed by atoms with E-state index in [9.17, 15) is 0 Å². The number of hydrogen-bond donors (Lipinski definition) is 0. The molecule has 0 N–H and O–H groups in total. The molecule has 0 aliphatic carbocycles. The second-order valence-electron chi connectivity index (χ2n) is 11.7. The van der Waals surface area contributed by atoms with Crippen molar-refractivity contribution in [3.8, 4) is 39.9 Å². The highest BCUT2D eigenvalue weighted by Crippen LogP contribution is 2.40. The van der Waals surface area contributed by atoms with Crippen LogP contribution in [0.3, 0.4) is 0 Å². The Kier molecular flexibility index (Phi) is 4.81. The van der Waals surface area contributed by atoms with Gasteiger partial charge in [-0.15, -0.1) is 0 Å². The highest BCUT2D eigenvalue weighted by Gasteiger charge is 2.21. The minimum atomic E-state index is -0.490. The SMILES string of the molecule is [2H]c1c([2H])c([2H])c(-c2nc(-c3cccc4c3oc3cc5ccccc5cc34)nc(-c3cccc4c3c3ccccc3n4-c3ccccc3)n2)c([2H])c1[2H]. The Labute approximate surface area is 282 Å². The van der Waals surface area contributed by atoms with E-state index in [1.807, 2.05) is 84.9 Å². The quantitative estimate of drug-likeness (QED) is 0.197. The highest BCUT2D eigenvalue weighted by molar-refractivity contribution is 6.16. The van der Waals surface area contributed by atoms with Gasteiger partial charge in [0, 0.05) is 38.4 Å². The number of aromatic nitrogens is 4. The zero-order chi connectivity index (χ0) is 36.0. The molecule has 48 heavy (non-hydrogen) atoms. The lowest BCUT2D eigenvalue weighted by molar-refractivity contribution is 0.670. The molecule has 0 radical (unpaired) electrons. The number of rotatable bonds is 4. The van der Waals surface area contributed by atoms with Gasteiger partial charge in [0.25, 0.3) is 0 Å². The van der Waals surface area contributed by atoms with Gasteiger partial charge in [0.15, 0.2) is 17.5 Å². The van der Waals surface area contributed by atoms with Gasteiger partial charge in [0.1, 0.15) is 11.2 Å². The van der Waals surface area contributed by atoms with Crippen molar-refractivity contribution in [3.63, 3.8) is 0 Å². The number of fused-ring (bicyclic) bond motifs is 7. The second kappa shape index (κ2) is 10.5. The summed E-state index contributed by atoms with van der Waals surface area (Å²) in [5.41, 5.74) is 5.39. The van der Waals surface area contributed by atoms with E-state index < -0.39 is 30.2 Å². The molecule has 7 aromatic carbocycles. The fourth-order valence-corrected chi connectivity index (χ4v) is 6.81. The van der Waals surface area contributed by atoms with Crippen molar-refractivity contribution in [3.05, 3.63) is 158 Å². The third-order valence-electron chi connectivity index (χ3n) is 8.92. The lowest BCUT2D eigenvalue weighted by Crippen LogP contribution is -2.00. The van der Waals surface area contributed by atoms with E-state index in [1.165, 1.54) is 0 Å². The molecule has 0 aliphatic heterocycles. The summed E-state index contributed by atoms with van der Waals surface area (Å²) in [6, 6.07) is 40.0. The normalized spacial score (nSPS) is 13.2. The van der Waals surface area contributed by atoms with Crippen LogP contribution < -0.4 is 0 Å². The van der Waals surface area contributed by atoms with Gasteiger partial charge in [-0.05, 0) is 53.2 Å². The summed E-state index contributed by atoms with van der Waals surface area (Å²) in [6.07, 6.45) is 0. The Morgan fingerprint density at radius 2 is 1.17 bits per heavy atom. The molecule has 0 fully saturated rings. The molecule has 0 spiro atoms. The first-order valence-electron chi connectivity index (χ1n) is 18.1. The van der Waals surface area contributed by atoms with E-state index in [0.717, 1.165) is 49.0 Å². The third-order valence-corrected chi connectivity index (χ3v) is 8.92. The molecule has 224 valence electrons. The minimum Gasteiger partial charge on any atom is -0.455 e. The van der Waals surface area contributed by atoms with Crippen LogP contribution in [-0.4, -0.2) is 19.5 Å². The van der Waals surface area contributed by atoms with Gasteiger partial charge < -0.3 is 8.98 Å². The molecule has 0 aliphatic rings. The third kappa shape index (κ3) is 4.08. The molecule has 0 unspecified atom stereocenters. The summed E-state index contributed by atoms with van der Waals surface area (Å²) in [6.45, 7) is 0. The Morgan fingerprint density at radius 1 is 0.521 bits per heavy atom. The number of nitrogens with zero attached hydrogens (tertiary/aromatic N) is 4. The zero-order valence-corrected chi connectivity index (χ0v) is 25.3. The molecule has 10 aromatic rings. The molecular formula is C43H26N4O. The topological polar surface area (TPSA) is 56.7 Å². The monoisotopic (exact) mass is 619 g/mol. The van der Waals surface area contributed by atoms with E-state index in [4.69, 9.17) is 26.2 Å². The average Bonchev–Trinajstić information content (AvgIpc) is 3.74. The minimum absolute atomic E-state index is 0.0374. The Hall–Kier alpha value is -6.59. The number of benzene rings is 7. The van der Waals surface area contributed by atoms with Gasteiger partial charge in [-0.2, -0.15) is 0 Å². The maximum atomic E-state index is 8.84. The number of para-hydroxylation sites is 3. The van der Waals surface area contributed by atoms with E-state index in [-0.39, 0.29) is 23.0 Å². The van der Waals surface area contributed by atoms with Gasteiger partial charge in [0.2, 0.25) is 0 Å². The van der Waals surface area contributed by atoms with Crippen LogP contribution in [-0.2, 0) is 0 Å². The van der Waals surface area contributed by atoms with Crippen LogP contribution in [0.15, 0.2) is 162 Å². The van der Waals surface area contributed by atoms with Crippen LogP contribution in [0.5, 0.6) is 0 Å². The average molecular weight is 620 g/mol. The summed E-state index contributed by atoms with van der Waals surface area (Å²) in [5.74, 6) is 0.497. The first-order valence-corrected chi connectivity index (χ1v) is 15.6. The summed E-state index contributed by atoms with van der Waals surface area (Å²) >= 11 is 0. The molecule has 3 heterocycles. The maximum Gasteiger partial charge on any atom is 0.167 e. The van der Waals surface area contributed by atoms with Crippen LogP contribution in [0.25, 0.3) is 94.4 Å². The highest BCUT2D eigenvalue weighted by atomic mass is 16.3. The van der Waals surface area contributed by atoms with Gasteiger partial charge >= 0.3 is 0 Å². The van der Waals surface area contributed by atoms with Gasteiger partial charge in [-0.1, -0.05) is 115 Å². The van der Waals surface area contributed by atoms with E-state index >= 15 is 0 Å². The molecule has 0 saturated heterocycles. The van der Waals surface area contributed by atoms with E-state index in [1.54, 1.807) is 0 Å². The van der Waals surface area contributed by atoms with Crippen molar-refractivity contribution < 1.29 is 11.3 Å². The molecule has 0 atom stereocenters. The number of furan rings is 1. The van der Waals surface area contributed by atoms with Gasteiger partial charge in [0.05, 0.1) is 23.5 Å². The van der Waals surface area contributed by atoms with Crippen molar-refractivity contribution in [2.45, 2.75) is 0 Å². The molecular weight excluding hydrogens is 589 g/mol.